The van der Waals surface area contributed by atoms with Crippen LogP contribution in [0.2, 0.25) is 0 Å². The number of hydrogen-bond acceptors (Lipinski definition) is 4. The molecule has 2 rings (SSSR count). The molecule has 0 radical (unpaired) electrons. The van der Waals surface area contributed by atoms with Crippen molar-refractivity contribution in [2.45, 2.75) is 64.7 Å². The number of carbonyl (C=O) groups excluding carboxylic acids is 1. The van der Waals surface area contributed by atoms with Crippen molar-refractivity contribution in [2.75, 3.05) is 17.4 Å². The standard InChI is InChI=1S/C18H30N4O/c1-2-3-4-5-6-7-8-9-10-13-19-18(23)15-11-12-16-17(14-15)21-22-20-16/h11-12,14,20-22H,2-10,13H2,1H3,(H,19,23). The van der Waals surface area contributed by atoms with Gasteiger partial charge in [0.25, 0.3) is 5.91 Å². The fraction of sp³-hybridized carbons (Fsp3) is 0.611. The van der Waals surface area contributed by atoms with Crippen LogP contribution in [-0.4, -0.2) is 12.5 Å². The summed E-state index contributed by atoms with van der Waals surface area (Å²) in [6, 6.07) is 5.59. The highest BCUT2D eigenvalue weighted by atomic mass is 16.1. The van der Waals surface area contributed by atoms with Crippen molar-refractivity contribution in [3.05, 3.63) is 23.8 Å². The van der Waals surface area contributed by atoms with Crippen molar-refractivity contribution < 1.29 is 4.79 Å². The smallest absolute Gasteiger partial charge is 0.251 e. The van der Waals surface area contributed by atoms with Gasteiger partial charge in [-0.15, -0.1) is 5.53 Å². The van der Waals surface area contributed by atoms with E-state index in [0.29, 0.717) is 5.56 Å². The van der Waals surface area contributed by atoms with Crippen LogP contribution in [-0.2, 0) is 0 Å². The topological polar surface area (TPSA) is 65.2 Å². The van der Waals surface area contributed by atoms with Crippen molar-refractivity contribution in [3.63, 3.8) is 0 Å². The van der Waals surface area contributed by atoms with E-state index in [1.165, 1.54) is 51.4 Å². The minimum Gasteiger partial charge on any atom is -0.352 e. The molecule has 5 heteroatoms. The summed E-state index contributed by atoms with van der Waals surface area (Å²) >= 11 is 0. The number of benzene rings is 1. The van der Waals surface area contributed by atoms with E-state index in [9.17, 15) is 4.79 Å². The van der Waals surface area contributed by atoms with Gasteiger partial charge in [0.15, 0.2) is 0 Å². The second-order valence-corrected chi connectivity index (χ2v) is 6.22. The lowest BCUT2D eigenvalue weighted by atomic mass is 10.1. The molecule has 5 nitrogen and oxygen atoms in total. The summed E-state index contributed by atoms with van der Waals surface area (Å²) in [5.74, 6) is 0.000987. The van der Waals surface area contributed by atoms with Crippen LogP contribution in [0.25, 0.3) is 0 Å². The van der Waals surface area contributed by atoms with E-state index >= 15 is 0 Å². The van der Waals surface area contributed by atoms with E-state index in [0.717, 1.165) is 24.3 Å². The van der Waals surface area contributed by atoms with Gasteiger partial charge in [-0.05, 0) is 24.6 Å². The molecule has 0 spiro atoms. The summed E-state index contributed by atoms with van der Waals surface area (Å²) in [5, 5.41) is 3.00. The first-order chi connectivity index (χ1) is 11.3. The molecule has 1 aromatic carbocycles. The van der Waals surface area contributed by atoms with Gasteiger partial charge in [0.05, 0.1) is 11.4 Å². The zero-order valence-corrected chi connectivity index (χ0v) is 14.2. The maximum atomic E-state index is 12.1. The minimum absolute atomic E-state index is 0.000987. The van der Waals surface area contributed by atoms with E-state index in [4.69, 9.17) is 0 Å². The average Bonchev–Trinajstić information content (AvgIpc) is 3.04. The molecule has 0 atom stereocenters. The maximum absolute atomic E-state index is 12.1. The Labute approximate surface area is 139 Å². The van der Waals surface area contributed by atoms with Crippen molar-refractivity contribution in [1.29, 1.82) is 0 Å². The predicted molar refractivity (Wildman–Crippen MR) is 96.4 cm³/mol. The van der Waals surface area contributed by atoms with Gasteiger partial charge in [0, 0.05) is 12.1 Å². The highest BCUT2D eigenvalue weighted by Gasteiger charge is 2.12. The largest absolute Gasteiger partial charge is 0.352 e. The van der Waals surface area contributed by atoms with Crippen molar-refractivity contribution in [3.8, 4) is 0 Å². The Morgan fingerprint density at radius 1 is 0.913 bits per heavy atom. The number of amides is 1. The SMILES string of the molecule is CCCCCCCCCCCNC(=O)c1ccc2c(c1)NNN2. The fourth-order valence-corrected chi connectivity index (χ4v) is 2.80. The van der Waals surface area contributed by atoms with Gasteiger partial charge in [-0.25, -0.2) is 0 Å². The lowest BCUT2D eigenvalue weighted by molar-refractivity contribution is 0.0953. The molecule has 1 aliphatic heterocycles. The summed E-state index contributed by atoms with van der Waals surface area (Å²) in [6.07, 6.45) is 11.7. The Morgan fingerprint density at radius 2 is 1.57 bits per heavy atom. The number of hydrazine groups is 2. The number of nitrogens with one attached hydrogen (secondary N) is 4. The summed E-state index contributed by atoms with van der Waals surface area (Å²) in [4.78, 5) is 12.1. The highest BCUT2D eigenvalue weighted by molar-refractivity contribution is 5.96. The summed E-state index contributed by atoms with van der Waals surface area (Å²) in [5.41, 5.74) is 11.3. The second kappa shape index (κ2) is 10.1. The number of hydrogen-bond donors (Lipinski definition) is 4. The molecular formula is C18H30N4O. The maximum Gasteiger partial charge on any atom is 0.251 e. The first-order valence-electron chi connectivity index (χ1n) is 9.00. The number of unbranched alkanes of at least 4 members (excludes halogenated alkanes) is 8. The van der Waals surface area contributed by atoms with Crippen molar-refractivity contribution >= 4 is 17.3 Å². The van der Waals surface area contributed by atoms with Crippen molar-refractivity contribution in [2.24, 2.45) is 0 Å². The predicted octanol–water partition coefficient (Wildman–Crippen LogP) is 4.20. The number of rotatable bonds is 11. The molecule has 0 aromatic heterocycles. The molecule has 4 N–H and O–H groups in total. The van der Waals surface area contributed by atoms with E-state index in [-0.39, 0.29) is 5.91 Å². The molecule has 0 saturated heterocycles. The highest BCUT2D eigenvalue weighted by Crippen LogP contribution is 2.24. The Hall–Kier alpha value is -1.75. The van der Waals surface area contributed by atoms with Crippen LogP contribution in [0, 0.1) is 0 Å². The van der Waals surface area contributed by atoms with Crippen LogP contribution < -0.4 is 21.7 Å². The van der Waals surface area contributed by atoms with Crippen LogP contribution in [0.5, 0.6) is 0 Å². The number of anilines is 2. The molecule has 23 heavy (non-hydrogen) atoms. The Bertz CT molecular complexity index is 490. The zero-order valence-electron chi connectivity index (χ0n) is 14.2. The molecular weight excluding hydrogens is 288 g/mol. The van der Waals surface area contributed by atoms with Gasteiger partial charge < -0.3 is 16.2 Å². The van der Waals surface area contributed by atoms with Crippen LogP contribution >= 0.6 is 0 Å². The van der Waals surface area contributed by atoms with Gasteiger partial charge in [-0.3, -0.25) is 4.79 Å². The van der Waals surface area contributed by atoms with Gasteiger partial charge in [-0.2, -0.15) is 0 Å². The van der Waals surface area contributed by atoms with Crippen molar-refractivity contribution in [1.82, 2.24) is 10.9 Å². The molecule has 0 aliphatic carbocycles. The average molecular weight is 318 g/mol. The third-order valence-corrected chi connectivity index (χ3v) is 4.24. The minimum atomic E-state index is 0.000987. The third-order valence-electron chi connectivity index (χ3n) is 4.24. The number of fused-ring (bicyclic) bond motifs is 1. The van der Waals surface area contributed by atoms with E-state index in [2.05, 4.69) is 28.6 Å². The molecule has 1 amide bonds. The molecule has 0 bridgehead atoms. The zero-order chi connectivity index (χ0) is 16.3. The first-order valence-corrected chi connectivity index (χ1v) is 9.00. The molecule has 0 saturated carbocycles. The molecule has 0 unspecified atom stereocenters. The Kier molecular flexibility index (Phi) is 7.73. The summed E-state index contributed by atoms with van der Waals surface area (Å²) < 4.78 is 0. The van der Waals surface area contributed by atoms with Crippen LogP contribution in [0.15, 0.2) is 18.2 Å². The number of carbonyl (C=O) groups is 1. The van der Waals surface area contributed by atoms with Crippen LogP contribution in [0.4, 0.5) is 11.4 Å². The monoisotopic (exact) mass is 318 g/mol. The molecule has 1 aliphatic rings. The molecule has 1 aromatic rings. The van der Waals surface area contributed by atoms with Gasteiger partial charge in [-0.1, -0.05) is 58.3 Å². The normalized spacial score (nSPS) is 12.4. The van der Waals surface area contributed by atoms with Gasteiger partial charge in [0.1, 0.15) is 0 Å². The van der Waals surface area contributed by atoms with Gasteiger partial charge in [0.2, 0.25) is 0 Å². The molecule has 128 valence electrons. The fourth-order valence-electron chi connectivity index (χ4n) is 2.80. The van der Waals surface area contributed by atoms with Gasteiger partial charge >= 0.3 is 0 Å². The Balaban J connectivity index is 1.52. The molecule has 0 fully saturated rings. The summed E-state index contributed by atoms with van der Waals surface area (Å²) in [7, 11) is 0. The third kappa shape index (κ3) is 6.10. The summed E-state index contributed by atoms with van der Waals surface area (Å²) in [6.45, 7) is 3.01. The van der Waals surface area contributed by atoms with Crippen LogP contribution in [0.1, 0.15) is 75.1 Å². The second-order valence-electron chi connectivity index (χ2n) is 6.22. The lowest BCUT2D eigenvalue weighted by Crippen LogP contribution is -2.24. The first kappa shape index (κ1) is 17.6. The van der Waals surface area contributed by atoms with E-state index in [1.807, 2.05) is 18.2 Å². The Morgan fingerprint density at radius 3 is 2.30 bits per heavy atom. The molecule has 1 heterocycles. The van der Waals surface area contributed by atoms with E-state index < -0.39 is 0 Å². The lowest BCUT2D eigenvalue weighted by Gasteiger charge is -2.06. The van der Waals surface area contributed by atoms with Crippen LogP contribution in [0.3, 0.4) is 0 Å². The van der Waals surface area contributed by atoms with E-state index in [1.54, 1.807) is 0 Å². The quantitative estimate of drug-likeness (QED) is 0.462.